The first-order valence-corrected chi connectivity index (χ1v) is 9.01. The molecule has 1 rings (SSSR count). The number of benzene rings is 1. The van der Waals surface area contributed by atoms with Crippen LogP contribution in [0.25, 0.3) is 0 Å². The molecule has 0 atom stereocenters. The molecule has 1 aromatic rings. The first-order valence-electron chi connectivity index (χ1n) is 9.01. The number of rotatable bonds is 8. The second-order valence-electron chi connectivity index (χ2n) is 6.59. The van der Waals surface area contributed by atoms with Crippen LogP contribution in [0.2, 0.25) is 0 Å². The summed E-state index contributed by atoms with van der Waals surface area (Å²) in [7, 11) is 3.11. The van der Waals surface area contributed by atoms with Crippen molar-refractivity contribution in [2.24, 2.45) is 4.99 Å². The summed E-state index contributed by atoms with van der Waals surface area (Å²) >= 11 is 0. The molecule has 0 saturated heterocycles. The number of guanidine groups is 1. The number of hydrogen-bond donors (Lipinski definition) is 3. The summed E-state index contributed by atoms with van der Waals surface area (Å²) in [6.45, 7) is 11.3. The third-order valence-corrected chi connectivity index (χ3v) is 4.06. The van der Waals surface area contributed by atoms with Gasteiger partial charge in [0.15, 0.2) is 5.96 Å². The van der Waals surface area contributed by atoms with Crippen LogP contribution in [0.4, 0.5) is 10.5 Å². The highest BCUT2D eigenvalue weighted by Crippen LogP contribution is 2.09. The average Bonchev–Trinajstić information content (AvgIpc) is 2.61. The third kappa shape index (κ3) is 9.81. The molecule has 8 heteroatoms. The number of nitrogens with one attached hydrogen (secondary N) is 3. The number of halogens is 1. The number of carbonyl (C=O) groups is 1. The molecule has 154 valence electrons. The van der Waals surface area contributed by atoms with Crippen LogP contribution in [0.3, 0.4) is 0 Å². The van der Waals surface area contributed by atoms with Crippen molar-refractivity contribution in [3.05, 3.63) is 29.8 Å². The fourth-order valence-electron chi connectivity index (χ4n) is 2.70. The van der Waals surface area contributed by atoms with Gasteiger partial charge in [0.05, 0.1) is 7.11 Å². The van der Waals surface area contributed by atoms with E-state index in [1.807, 2.05) is 24.3 Å². The van der Waals surface area contributed by atoms with Gasteiger partial charge in [0.2, 0.25) is 0 Å². The van der Waals surface area contributed by atoms with Crippen molar-refractivity contribution in [3.8, 4) is 0 Å². The average molecular weight is 491 g/mol. The molecule has 0 aliphatic carbocycles. The van der Waals surface area contributed by atoms with Gasteiger partial charge < -0.3 is 15.4 Å². The predicted molar refractivity (Wildman–Crippen MR) is 123 cm³/mol. The topological polar surface area (TPSA) is 78.0 Å². The minimum absolute atomic E-state index is 0. The molecule has 27 heavy (non-hydrogen) atoms. The monoisotopic (exact) mass is 491 g/mol. The molecule has 1 aromatic carbocycles. The summed E-state index contributed by atoms with van der Waals surface area (Å²) in [6.07, 6.45) is -0.475. The van der Waals surface area contributed by atoms with Crippen LogP contribution in [-0.2, 0) is 11.3 Å². The summed E-state index contributed by atoms with van der Waals surface area (Å²) in [5.41, 5.74) is 1.79. The number of carbonyl (C=O) groups excluding carboxylic acids is 1. The molecule has 0 bridgehead atoms. The number of methoxy groups -OCH3 is 1. The molecule has 0 fully saturated rings. The van der Waals surface area contributed by atoms with Crippen molar-refractivity contribution < 1.29 is 9.53 Å². The Morgan fingerprint density at radius 1 is 1.11 bits per heavy atom. The lowest BCUT2D eigenvalue weighted by Gasteiger charge is -2.30. The Morgan fingerprint density at radius 2 is 1.70 bits per heavy atom. The Bertz CT molecular complexity index is 568. The van der Waals surface area contributed by atoms with E-state index in [2.05, 4.69) is 58.3 Å². The van der Waals surface area contributed by atoms with Gasteiger partial charge in [-0.15, -0.1) is 24.0 Å². The van der Waals surface area contributed by atoms with Crippen molar-refractivity contribution in [1.82, 2.24) is 15.5 Å². The number of aliphatic imine (C=N–C) groups is 1. The van der Waals surface area contributed by atoms with Gasteiger partial charge >= 0.3 is 6.09 Å². The van der Waals surface area contributed by atoms with Crippen molar-refractivity contribution >= 4 is 41.7 Å². The maximum atomic E-state index is 11.2. The summed E-state index contributed by atoms with van der Waals surface area (Å²) in [5.74, 6) is 0.772. The van der Waals surface area contributed by atoms with Crippen LogP contribution in [0.15, 0.2) is 29.3 Å². The highest BCUT2D eigenvalue weighted by molar-refractivity contribution is 14.0. The van der Waals surface area contributed by atoms with Gasteiger partial charge in [-0.25, -0.2) is 4.79 Å². The van der Waals surface area contributed by atoms with E-state index >= 15 is 0 Å². The van der Waals surface area contributed by atoms with E-state index in [1.54, 1.807) is 7.05 Å². The maximum Gasteiger partial charge on any atom is 0.411 e. The Kier molecular flexibility index (Phi) is 12.8. The van der Waals surface area contributed by atoms with Crippen LogP contribution < -0.4 is 16.0 Å². The zero-order valence-electron chi connectivity index (χ0n) is 17.2. The van der Waals surface area contributed by atoms with Crippen LogP contribution >= 0.6 is 24.0 Å². The van der Waals surface area contributed by atoms with Gasteiger partial charge in [0, 0.05) is 44.5 Å². The number of ether oxygens (including phenoxy) is 1. The van der Waals surface area contributed by atoms with E-state index in [4.69, 9.17) is 0 Å². The number of nitrogens with zero attached hydrogens (tertiary/aromatic N) is 2. The molecule has 0 saturated carbocycles. The molecule has 1 amide bonds. The van der Waals surface area contributed by atoms with Gasteiger partial charge in [0.25, 0.3) is 0 Å². The molecule has 7 nitrogen and oxygen atoms in total. The zero-order chi connectivity index (χ0) is 19.5. The van der Waals surface area contributed by atoms with Gasteiger partial charge in [-0.2, -0.15) is 0 Å². The van der Waals surface area contributed by atoms with Gasteiger partial charge in [-0.1, -0.05) is 12.1 Å². The van der Waals surface area contributed by atoms with Crippen LogP contribution in [0, 0.1) is 0 Å². The smallest absolute Gasteiger partial charge is 0.411 e. The minimum Gasteiger partial charge on any atom is -0.453 e. The largest absolute Gasteiger partial charge is 0.453 e. The highest BCUT2D eigenvalue weighted by Gasteiger charge is 2.12. The minimum atomic E-state index is -0.475. The van der Waals surface area contributed by atoms with Gasteiger partial charge in [-0.05, 0) is 45.4 Å². The van der Waals surface area contributed by atoms with E-state index in [-0.39, 0.29) is 24.0 Å². The molecule has 0 heterocycles. The molecule has 0 unspecified atom stereocenters. The number of anilines is 1. The first-order chi connectivity index (χ1) is 12.4. The Balaban J connectivity index is 0.00000676. The fourth-order valence-corrected chi connectivity index (χ4v) is 2.70. The Hall–Kier alpha value is -1.55. The molecule has 0 aromatic heterocycles. The molecule has 0 aliphatic rings. The molecule has 0 spiro atoms. The lowest BCUT2D eigenvalue weighted by Crippen LogP contribution is -2.45. The van der Waals surface area contributed by atoms with E-state index < -0.39 is 6.09 Å². The van der Waals surface area contributed by atoms with Crippen LogP contribution in [0.5, 0.6) is 0 Å². The SMILES string of the molecule is CN=C(NCCN(C(C)C)C(C)C)NCc1ccc(NC(=O)OC)cc1.I. The van der Waals surface area contributed by atoms with Crippen LogP contribution in [0.1, 0.15) is 33.3 Å². The third-order valence-electron chi connectivity index (χ3n) is 4.06. The molecule has 3 N–H and O–H groups in total. The summed E-state index contributed by atoms with van der Waals surface area (Å²) < 4.78 is 4.57. The number of amides is 1. The zero-order valence-corrected chi connectivity index (χ0v) is 19.5. The fraction of sp³-hybridized carbons (Fsp3) is 0.579. The Labute approximate surface area is 180 Å². The lowest BCUT2D eigenvalue weighted by molar-refractivity contribution is 0.178. The standard InChI is InChI=1S/C19H33N5O2.HI/c1-14(2)24(15(3)4)12-11-21-18(20-5)22-13-16-7-9-17(10-8-16)23-19(25)26-6;/h7-10,14-15H,11-13H2,1-6H3,(H,23,25)(H2,20,21,22);1H. The molecular weight excluding hydrogens is 457 g/mol. The first kappa shape index (κ1) is 25.4. The van der Waals surface area contributed by atoms with E-state index in [0.29, 0.717) is 24.3 Å². The normalized spacial score (nSPS) is 11.4. The summed E-state index contributed by atoms with van der Waals surface area (Å²) in [6, 6.07) is 8.61. The van der Waals surface area contributed by atoms with Crippen molar-refractivity contribution in [3.63, 3.8) is 0 Å². The highest BCUT2D eigenvalue weighted by atomic mass is 127. The van der Waals surface area contributed by atoms with Crippen LogP contribution in [-0.4, -0.2) is 56.3 Å². The molecular formula is C19H34IN5O2. The second-order valence-corrected chi connectivity index (χ2v) is 6.59. The number of hydrogen-bond acceptors (Lipinski definition) is 4. The van der Waals surface area contributed by atoms with Crippen molar-refractivity contribution in [1.29, 1.82) is 0 Å². The van der Waals surface area contributed by atoms with Gasteiger partial charge in [0.1, 0.15) is 0 Å². The molecule has 0 radical (unpaired) electrons. The quantitative estimate of drug-likeness (QED) is 0.296. The van der Waals surface area contributed by atoms with Gasteiger partial charge in [-0.3, -0.25) is 15.2 Å². The van der Waals surface area contributed by atoms with E-state index in [9.17, 15) is 4.79 Å². The van der Waals surface area contributed by atoms with Crippen molar-refractivity contribution in [2.75, 3.05) is 32.6 Å². The predicted octanol–water partition coefficient (Wildman–Crippen LogP) is 3.27. The second kappa shape index (κ2) is 13.6. The van der Waals surface area contributed by atoms with E-state index in [0.717, 1.165) is 24.6 Å². The Morgan fingerprint density at radius 3 is 2.19 bits per heavy atom. The van der Waals surface area contributed by atoms with Crippen molar-refractivity contribution in [2.45, 2.75) is 46.3 Å². The maximum absolute atomic E-state index is 11.2. The van der Waals surface area contributed by atoms with E-state index in [1.165, 1.54) is 7.11 Å². The molecule has 0 aliphatic heterocycles. The summed E-state index contributed by atoms with van der Waals surface area (Å²) in [5, 5.41) is 9.28. The lowest BCUT2D eigenvalue weighted by atomic mass is 10.2. The summed E-state index contributed by atoms with van der Waals surface area (Å²) in [4.78, 5) is 17.9.